The summed E-state index contributed by atoms with van der Waals surface area (Å²) in [5.74, 6) is 2.21. The molecule has 1 atom stereocenters. The number of nitrogens with zero attached hydrogens (tertiary/aromatic N) is 2. The summed E-state index contributed by atoms with van der Waals surface area (Å²) in [6, 6.07) is 0. The number of hydrogen-bond acceptors (Lipinski definition) is 4. The molecule has 0 bridgehead atoms. The maximum absolute atomic E-state index is 4.70. The van der Waals surface area contributed by atoms with E-state index in [1.54, 1.807) is 11.3 Å². The molecule has 1 aromatic rings. The largest absolute Gasteiger partial charge is 0.357 e. The Morgan fingerprint density at radius 3 is 2.82 bits per heavy atom. The standard InChI is InChI=1S/C16H28N4S2/c1-5-17-15(18-9-12-7-6-8-21-12)19-10-14-20-13(11-22-14)16(2,3)4/h11-12H,5-10H2,1-4H3,(H2,17,18,19). The van der Waals surface area contributed by atoms with Crippen LogP contribution in [0.1, 0.15) is 51.2 Å². The van der Waals surface area contributed by atoms with Gasteiger partial charge in [0.25, 0.3) is 0 Å². The number of guanidine groups is 1. The highest BCUT2D eigenvalue weighted by Crippen LogP contribution is 2.25. The zero-order valence-corrected chi connectivity index (χ0v) is 15.7. The number of hydrogen-bond donors (Lipinski definition) is 2. The molecule has 0 spiro atoms. The lowest BCUT2D eigenvalue weighted by molar-refractivity contribution is 0.571. The van der Waals surface area contributed by atoms with E-state index < -0.39 is 0 Å². The molecule has 0 aliphatic carbocycles. The van der Waals surface area contributed by atoms with Crippen LogP contribution in [0.4, 0.5) is 0 Å². The molecule has 1 aliphatic rings. The zero-order chi connectivity index (χ0) is 16.0. The monoisotopic (exact) mass is 340 g/mol. The topological polar surface area (TPSA) is 49.3 Å². The van der Waals surface area contributed by atoms with E-state index in [1.165, 1.54) is 18.6 Å². The van der Waals surface area contributed by atoms with E-state index in [1.807, 2.05) is 0 Å². The molecule has 1 aliphatic heterocycles. The predicted molar refractivity (Wildman–Crippen MR) is 99.1 cm³/mol. The predicted octanol–water partition coefficient (Wildman–Crippen LogP) is 3.39. The van der Waals surface area contributed by atoms with E-state index in [4.69, 9.17) is 4.98 Å². The first-order valence-corrected chi connectivity index (χ1v) is 10.0. The SMILES string of the molecule is CCNC(=NCc1nc(C(C)(C)C)cs1)NCC1CCCS1. The highest BCUT2D eigenvalue weighted by molar-refractivity contribution is 8.00. The van der Waals surface area contributed by atoms with E-state index in [-0.39, 0.29) is 5.41 Å². The second kappa shape index (κ2) is 8.20. The first-order valence-electron chi connectivity index (χ1n) is 8.07. The third-order valence-corrected chi connectivity index (χ3v) is 5.79. The van der Waals surface area contributed by atoms with Crippen LogP contribution < -0.4 is 10.6 Å². The lowest BCUT2D eigenvalue weighted by Crippen LogP contribution is -2.40. The van der Waals surface area contributed by atoms with Gasteiger partial charge in [0, 0.05) is 29.1 Å². The summed E-state index contributed by atoms with van der Waals surface area (Å²) in [6.45, 7) is 11.2. The van der Waals surface area contributed by atoms with Gasteiger partial charge in [-0.2, -0.15) is 11.8 Å². The van der Waals surface area contributed by atoms with Crippen molar-refractivity contribution in [2.24, 2.45) is 4.99 Å². The van der Waals surface area contributed by atoms with Crippen molar-refractivity contribution in [3.05, 3.63) is 16.1 Å². The number of thiazole rings is 1. The van der Waals surface area contributed by atoms with Gasteiger partial charge in [-0.1, -0.05) is 20.8 Å². The van der Waals surface area contributed by atoms with Crippen molar-refractivity contribution in [1.29, 1.82) is 0 Å². The summed E-state index contributed by atoms with van der Waals surface area (Å²) >= 11 is 3.77. The Kier molecular flexibility index (Phi) is 6.56. The Balaban J connectivity index is 1.89. The summed E-state index contributed by atoms with van der Waals surface area (Å²) in [5.41, 5.74) is 1.27. The minimum Gasteiger partial charge on any atom is -0.357 e. The molecular formula is C16H28N4S2. The highest BCUT2D eigenvalue weighted by Gasteiger charge is 2.18. The molecule has 0 radical (unpaired) electrons. The normalized spacial score (nSPS) is 19.5. The Labute approximate surface area is 142 Å². The van der Waals surface area contributed by atoms with Crippen LogP contribution in [0.15, 0.2) is 10.4 Å². The molecule has 1 unspecified atom stereocenters. The summed E-state index contributed by atoms with van der Waals surface area (Å²) in [5, 5.41) is 10.8. The molecule has 1 fully saturated rings. The second-order valence-corrected chi connectivity index (χ2v) is 8.94. The molecule has 6 heteroatoms. The van der Waals surface area contributed by atoms with Crippen LogP contribution in [0.2, 0.25) is 0 Å². The molecule has 1 saturated heterocycles. The summed E-state index contributed by atoms with van der Waals surface area (Å²) < 4.78 is 0. The van der Waals surface area contributed by atoms with Crippen molar-refractivity contribution in [2.45, 2.75) is 57.7 Å². The summed E-state index contributed by atoms with van der Waals surface area (Å²) in [7, 11) is 0. The van der Waals surface area contributed by atoms with E-state index in [9.17, 15) is 0 Å². The minimum atomic E-state index is 0.112. The van der Waals surface area contributed by atoms with Crippen molar-refractivity contribution in [3.8, 4) is 0 Å². The van der Waals surface area contributed by atoms with Crippen LogP contribution in [-0.2, 0) is 12.0 Å². The van der Waals surface area contributed by atoms with Gasteiger partial charge >= 0.3 is 0 Å². The number of thioether (sulfide) groups is 1. The number of nitrogens with one attached hydrogen (secondary N) is 2. The van der Waals surface area contributed by atoms with Gasteiger partial charge in [0.05, 0.1) is 12.2 Å². The van der Waals surface area contributed by atoms with Crippen molar-refractivity contribution >= 4 is 29.1 Å². The first kappa shape index (κ1) is 17.6. The molecule has 22 heavy (non-hydrogen) atoms. The van der Waals surface area contributed by atoms with Crippen molar-refractivity contribution in [2.75, 3.05) is 18.8 Å². The fraction of sp³-hybridized carbons (Fsp3) is 0.750. The van der Waals surface area contributed by atoms with Crippen LogP contribution in [-0.4, -0.2) is 35.0 Å². The molecule has 0 saturated carbocycles. The Bertz CT molecular complexity index is 485. The Hall–Kier alpha value is -0.750. The number of rotatable bonds is 5. The molecule has 0 aromatic carbocycles. The van der Waals surface area contributed by atoms with E-state index in [2.05, 4.69) is 60.5 Å². The average molecular weight is 341 g/mol. The summed E-state index contributed by atoms with van der Waals surface area (Å²) in [4.78, 5) is 9.38. The second-order valence-electron chi connectivity index (χ2n) is 6.59. The van der Waals surface area contributed by atoms with Crippen molar-refractivity contribution in [3.63, 3.8) is 0 Å². The zero-order valence-electron chi connectivity index (χ0n) is 14.1. The average Bonchev–Trinajstić information content (AvgIpc) is 3.12. The third-order valence-electron chi connectivity index (χ3n) is 3.56. The van der Waals surface area contributed by atoms with Gasteiger partial charge in [-0.05, 0) is 25.5 Å². The fourth-order valence-electron chi connectivity index (χ4n) is 2.23. The maximum atomic E-state index is 4.70. The van der Waals surface area contributed by atoms with Crippen LogP contribution >= 0.6 is 23.1 Å². The maximum Gasteiger partial charge on any atom is 0.191 e. The van der Waals surface area contributed by atoms with E-state index in [0.717, 1.165) is 35.0 Å². The number of aliphatic imine (C=N–C) groups is 1. The minimum absolute atomic E-state index is 0.112. The highest BCUT2D eigenvalue weighted by atomic mass is 32.2. The van der Waals surface area contributed by atoms with Gasteiger partial charge in [-0.15, -0.1) is 11.3 Å². The van der Waals surface area contributed by atoms with Gasteiger partial charge in [-0.25, -0.2) is 9.98 Å². The fourth-order valence-corrected chi connectivity index (χ4v) is 4.38. The molecule has 2 rings (SSSR count). The smallest absolute Gasteiger partial charge is 0.191 e. The van der Waals surface area contributed by atoms with Gasteiger partial charge in [-0.3, -0.25) is 0 Å². The molecular weight excluding hydrogens is 312 g/mol. The van der Waals surface area contributed by atoms with Crippen molar-refractivity contribution in [1.82, 2.24) is 15.6 Å². The molecule has 124 valence electrons. The molecule has 2 heterocycles. The van der Waals surface area contributed by atoms with Gasteiger partial charge < -0.3 is 10.6 Å². The Morgan fingerprint density at radius 2 is 2.23 bits per heavy atom. The lowest BCUT2D eigenvalue weighted by Gasteiger charge is -2.14. The first-order chi connectivity index (χ1) is 10.5. The van der Waals surface area contributed by atoms with Gasteiger partial charge in [0.2, 0.25) is 0 Å². The number of aromatic nitrogens is 1. The van der Waals surface area contributed by atoms with E-state index >= 15 is 0 Å². The Morgan fingerprint density at radius 1 is 1.41 bits per heavy atom. The van der Waals surface area contributed by atoms with E-state index in [0.29, 0.717) is 6.54 Å². The lowest BCUT2D eigenvalue weighted by atomic mass is 9.93. The van der Waals surface area contributed by atoms with Gasteiger partial charge in [0.1, 0.15) is 5.01 Å². The van der Waals surface area contributed by atoms with Crippen LogP contribution in [0.3, 0.4) is 0 Å². The van der Waals surface area contributed by atoms with Crippen LogP contribution in [0.5, 0.6) is 0 Å². The van der Waals surface area contributed by atoms with Crippen LogP contribution in [0, 0.1) is 0 Å². The third kappa shape index (κ3) is 5.47. The van der Waals surface area contributed by atoms with Crippen molar-refractivity contribution < 1.29 is 0 Å². The molecule has 2 N–H and O–H groups in total. The van der Waals surface area contributed by atoms with Crippen LogP contribution in [0.25, 0.3) is 0 Å². The quantitative estimate of drug-likeness (QED) is 0.637. The summed E-state index contributed by atoms with van der Waals surface area (Å²) in [6.07, 6.45) is 2.66. The molecule has 1 aromatic heterocycles. The molecule has 0 amide bonds. The van der Waals surface area contributed by atoms with Gasteiger partial charge in [0.15, 0.2) is 5.96 Å². The molecule has 4 nitrogen and oxygen atoms in total.